The first-order valence-electron chi connectivity index (χ1n) is 5.55. The van der Waals surface area contributed by atoms with Crippen LogP contribution in [-0.2, 0) is 9.53 Å². The van der Waals surface area contributed by atoms with Crippen LogP contribution in [0.1, 0.15) is 6.42 Å². The Morgan fingerprint density at radius 2 is 2.15 bits per heavy atom. The molecule has 0 saturated heterocycles. The summed E-state index contributed by atoms with van der Waals surface area (Å²) in [5, 5.41) is 12.6. The van der Waals surface area contributed by atoms with Gasteiger partial charge in [0.25, 0.3) is 0 Å². The van der Waals surface area contributed by atoms with Crippen LogP contribution >= 0.6 is 0 Å². The second-order valence-electron chi connectivity index (χ2n) is 3.89. The molecule has 3 N–H and O–H groups in total. The van der Waals surface area contributed by atoms with E-state index in [0.29, 0.717) is 12.1 Å². The van der Waals surface area contributed by atoms with Crippen LogP contribution in [-0.4, -0.2) is 30.6 Å². The average Bonchev–Trinajstić information content (AvgIpc) is 2.38. The Kier molecular flexibility index (Phi) is 5.47. The van der Waals surface area contributed by atoms with Crippen LogP contribution in [0.5, 0.6) is 0 Å². The highest BCUT2D eigenvalue weighted by Gasteiger charge is 2.20. The Bertz CT molecular complexity index is 521. The number of nitrogens with two attached hydrogens (primary N) is 1. The van der Waals surface area contributed by atoms with Gasteiger partial charge >= 0.3 is 5.69 Å². The zero-order valence-electron chi connectivity index (χ0n) is 10.6. The van der Waals surface area contributed by atoms with Crippen LogP contribution in [0.15, 0.2) is 12.1 Å². The van der Waals surface area contributed by atoms with Crippen LogP contribution in [0.2, 0.25) is 0 Å². The van der Waals surface area contributed by atoms with Crippen molar-refractivity contribution in [2.45, 2.75) is 12.5 Å². The van der Waals surface area contributed by atoms with Crippen LogP contribution in [0.3, 0.4) is 0 Å². The van der Waals surface area contributed by atoms with Crippen molar-refractivity contribution >= 4 is 17.3 Å². The van der Waals surface area contributed by atoms with E-state index in [2.05, 4.69) is 5.32 Å². The summed E-state index contributed by atoms with van der Waals surface area (Å²) < 4.78 is 31.4. The standard InChI is InChI=1S/C11H13F2N3O4/c1-20-6(5-14)2-11(17)15-9-4-10(16(18)19)8(13)3-7(9)12/h3-4,6H,2,5,14H2,1H3,(H,15,17). The monoisotopic (exact) mass is 289 g/mol. The number of carbonyl (C=O) groups is 1. The number of amides is 1. The van der Waals surface area contributed by atoms with Crippen molar-refractivity contribution in [1.29, 1.82) is 0 Å². The number of nitro benzene ring substituents is 1. The van der Waals surface area contributed by atoms with Gasteiger partial charge in [-0.25, -0.2) is 4.39 Å². The molecule has 0 aliphatic heterocycles. The molecule has 1 aromatic carbocycles. The maximum absolute atomic E-state index is 13.4. The zero-order valence-corrected chi connectivity index (χ0v) is 10.6. The second kappa shape index (κ2) is 6.87. The second-order valence-corrected chi connectivity index (χ2v) is 3.89. The summed E-state index contributed by atoms with van der Waals surface area (Å²) in [7, 11) is 1.36. The molecule has 0 aromatic heterocycles. The maximum atomic E-state index is 13.4. The van der Waals surface area contributed by atoms with Crippen molar-refractivity contribution in [3.05, 3.63) is 33.9 Å². The van der Waals surface area contributed by atoms with Gasteiger partial charge in [0.1, 0.15) is 5.82 Å². The van der Waals surface area contributed by atoms with E-state index in [0.717, 1.165) is 0 Å². The van der Waals surface area contributed by atoms with Gasteiger partial charge in [-0.05, 0) is 0 Å². The normalized spacial score (nSPS) is 12.0. The summed E-state index contributed by atoms with van der Waals surface area (Å²) in [4.78, 5) is 21.1. The lowest BCUT2D eigenvalue weighted by Gasteiger charge is -2.12. The number of nitrogens with one attached hydrogen (secondary N) is 1. The lowest BCUT2D eigenvalue weighted by molar-refractivity contribution is -0.387. The molecular weight excluding hydrogens is 276 g/mol. The number of hydrogen-bond donors (Lipinski definition) is 2. The Labute approximate surface area is 112 Å². The van der Waals surface area contributed by atoms with Gasteiger partial charge in [0, 0.05) is 25.8 Å². The van der Waals surface area contributed by atoms with E-state index in [1.54, 1.807) is 0 Å². The fourth-order valence-electron chi connectivity index (χ4n) is 1.44. The van der Waals surface area contributed by atoms with E-state index in [-0.39, 0.29) is 13.0 Å². The van der Waals surface area contributed by atoms with Crippen LogP contribution in [0.4, 0.5) is 20.2 Å². The van der Waals surface area contributed by atoms with Crippen LogP contribution in [0, 0.1) is 21.7 Å². The first-order valence-corrected chi connectivity index (χ1v) is 5.55. The van der Waals surface area contributed by atoms with Gasteiger partial charge in [0.2, 0.25) is 11.7 Å². The molecule has 1 amide bonds. The molecule has 1 unspecified atom stereocenters. The molecule has 9 heteroatoms. The summed E-state index contributed by atoms with van der Waals surface area (Å²) in [5.41, 5.74) is 3.92. The van der Waals surface area contributed by atoms with Gasteiger partial charge in [-0.15, -0.1) is 0 Å². The Hall–Kier alpha value is -2.13. The van der Waals surface area contributed by atoms with E-state index < -0.39 is 39.9 Å². The molecule has 0 aliphatic carbocycles. The molecule has 20 heavy (non-hydrogen) atoms. The lowest BCUT2D eigenvalue weighted by Crippen LogP contribution is -2.28. The van der Waals surface area contributed by atoms with Crippen LogP contribution in [0.25, 0.3) is 0 Å². The largest absolute Gasteiger partial charge is 0.380 e. The minimum Gasteiger partial charge on any atom is -0.380 e. The maximum Gasteiger partial charge on any atom is 0.307 e. The molecule has 1 rings (SSSR count). The summed E-state index contributed by atoms with van der Waals surface area (Å²) in [5.74, 6) is -3.08. The number of nitrogens with zero attached hydrogens (tertiary/aromatic N) is 1. The van der Waals surface area contributed by atoms with Crippen LogP contribution < -0.4 is 11.1 Å². The Balaban J connectivity index is 2.89. The zero-order chi connectivity index (χ0) is 15.3. The summed E-state index contributed by atoms with van der Waals surface area (Å²) in [6.45, 7) is 0.0793. The van der Waals surface area contributed by atoms with Gasteiger partial charge in [-0.3, -0.25) is 14.9 Å². The van der Waals surface area contributed by atoms with E-state index in [9.17, 15) is 23.7 Å². The van der Waals surface area contributed by atoms with Crippen molar-refractivity contribution in [3.8, 4) is 0 Å². The number of benzene rings is 1. The van der Waals surface area contributed by atoms with Gasteiger partial charge in [0.05, 0.1) is 23.1 Å². The summed E-state index contributed by atoms with van der Waals surface area (Å²) >= 11 is 0. The van der Waals surface area contributed by atoms with Gasteiger partial charge in [-0.2, -0.15) is 4.39 Å². The predicted octanol–water partition coefficient (Wildman–Crippen LogP) is 1.18. The minimum absolute atomic E-state index is 0.0793. The lowest BCUT2D eigenvalue weighted by atomic mass is 10.2. The molecule has 0 radical (unpaired) electrons. The van der Waals surface area contributed by atoms with Crippen molar-refractivity contribution in [1.82, 2.24) is 0 Å². The van der Waals surface area contributed by atoms with Crippen molar-refractivity contribution in [2.24, 2.45) is 5.73 Å². The van der Waals surface area contributed by atoms with Crippen molar-refractivity contribution in [3.63, 3.8) is 0 Å². The number of carbonyl (C=O) groups excluding carboxylic acids is 1. The highest BCUT2D eigenvalue weighted by molar-refractivity contribution is 5.91. The summed E-state index contributed by atoms with van der Waals surface area (Å²) in [6, 6.07) is 0.956. The number of methoxy groups -OCH3 is 1. The highest BCUT2D eigenvalue weighted by Crippen LogP contribution is 2.25. The smallest absolute Gasteiger partial charge is 0.307 e. The quantitative estimate of drug-likeness (QED) is 0.604. The molecule has 1 aromatic rings. The van der Waals surface area contributed by atoms with Crippen molar-refractivity contribution < 1.29 is 23.2 Å². The Morgan fingerprint density at radius 1 is 1.50 bits per heavy atom. The Morgan fingerprint density at radius 3 is 2.65 bits per heavy atom. The number of rotatable bonds is 6. The van der Waals surface area contributed by atoms with Gasteiger partial charge in [0.15, 0.2) is 0 Å². The SMILES string of the molecule is COC(CN)CC(=O)Nc1cc([N+](=O)[O-])c(F)cc1F. The average molecular weight is 289 g/mol. The van der Waals surface area contributed by atoms with E-state index in [1.807, 2.05) is 0 Å². The van der Waals surface area contributed by atoms with Gasteiger partial charge < -0.3 is 15.8 Å². The fourth-order valence-corrected chi connectivity index (χ4v) is 1.44. The number of anilines is 1. The number of halogens is 2. The van der Waals surface area contributed by atoms with Gasteiger partial charge in [-0.1, -0.05) is 0 Å². The molecule has 0 bridgehead atoms. The van der Waals surface area contributed by atoms with E-state index >= 15 is 0 Å². The molecule has 0 spiro atoms. The molecular formula is C11H13F2N3O4. The molecule has 0 saturated carbocycles. The molecule has 7 nitrogen and oxygen atoms in total. The third-order valence-electron chi connectivity index (χ3n) is 2.52. The summed E-state index contributed by atoms with van der Waals surface area (Å²) in [6.07, 6.45) is -0.717. The molecule has 0 fully saturated rings. The number of ether oxygens (including phenoxy) is 1. The molecule has 0 heterocycles. The third kappa shape index (κ3) is 3.93. The fraction of sp³-hybridized carbons (Fsp3) is 0.364. The topological polar surface area (TPSA) is 107 Å². The highest BCUT2D eigenvalue weighted by atomic mass is 19.1. The van der Waals surface area contributed by atoms with Crippen molar-refractivity contribution in [2.75, 3.05) is 19.0 Å². The predicted molar refractivity (Wildman–Crippen MR) is 66.1 cm³/mol. The third-order valence-corrected chi connectivity index (χ3v) is 2.52. The first-order chi connectivity index (χ1) is 9.38. The minimum atomic E-state index is -1.32. The molecule has 110 valence electrons. The van der Waals surface area contributed by atoms with E-state index in [4.69, 9.17) is 10.5 Å². The first kappa shape index (κ1) is 15.9. The number of hydrogen-bond acceptors (Lipinski definition) is 5. The van der Waals surface area contributed by atoms with E-state index in [1.165, 1.54) is 7.11 Å². The molecule has 1 atom stereocenters. The molecule has 0 aliphatic rings. The number of nitro groups is 1.